The lowest BCUT2D eigenvalue weighted by Gasteiger charge is -2.31. The molecule has 0 radical (unpaired) electrons. The Labute approximate surface area is 85.5 Å². The standard InChI is InChI=1S/C11H19NO2/c1-5-6-8-9(13)7-12(10(8)14)11(2,3)4/h8H,5-7H2,1-4H3. The number of rotatable bonds is 2. The van der Waals surface area contributed by atoms with Crippen LogP contribution in [0.25, 0.3) is 0 Å². The highest BCUT2D eigenvalue weighted by Gasteiger charge is 2.42. The first-order valence-electron chi connectivity index (χ1n) is 5.22. The molecule has 1 aliphatic rings. The maximum Gasteiger partial charge on any atom is 0.234 e. The van der Waals surface area contributed by atoms with Gasteiger partial charge < -0.3 is 4.90 Å². The van der Waals surface area contributed by atoms with Gasteiger partial charge in [0.05, 0.1) is 12.5 Å². The van der Waals surface area contributed by atoms with Gasteiger partial charge >= 0.3 is 0 Å². The molecular weight excluding hydrogens is 178 g/mol. The molecule has 0 aromatic carbocycles. The number of carbonyl (C=O) groups is 2. The highest BCUT2D eigenvalue weighted by Crippen LogP contribution is 2.26. The first-order chi connectivity index (χ1) is 6.38. The van der Waals surface area contributed by atoms with Crippen LogP contribution in [-0.2, 0) is 9.59 Å². The van der Waals surface area contributed by atoms with Gasteiger partial charge in [-0.15, -0.1) is 0 Å². The lowest BCUT2D eigenvalue weighted by Crippen LogP contribution is -2.43. The number of likely N-dealkylation sites (tertiary alicyclic amines) is 1. The van der Waals surface area contributed by atoms with Crippen molar-refractivity contribution in [3.05, 3.63) is 0 Å². The summed E-state index contributed by atoms with van der Waals surface area (Å²) in [7, 11) is 0. The number of hydrogen-bond acceptors (Lipinski definition) is 2. The van der Waals surface area contributed by atoms with Crippen molar-refractivity contribution in [2.45, 2.75) is 46.1 Å². The van der Waals surface area contributed by atoms with Crippen molar-refractivity contribution < 1.29 is 9.59 Å². The fourth-order valence-electron chi connectivity index (χ4n) is 1.81. The molecule has 1 aliphatic heterocycles. The highest BCUT2D eigenvalue weighted by molar-refractivity contribution is 6.08. The van der Waals surface area contributed by atoms with Gasteiger partial charge in [0.2, 0.25) is 5.91 Å². The van der Waals surface area contributed by atoms with Crippen molar-refractivity contribution in [3.63, 3.8) is 0 Å². The molecular formula is C11H19NO2. The lowest BCUT2D eigenvalue weighted by atomic mass is 10.0. The van der Waals surface area contributed by atoms with Gasteiger partial charge in [0, 0.05) is 5.54 Å². The van der Waals surface area contributed by atoms with Crippen molar-refractivity contribution in [2.24, 2.45) is 5.92 Å². The smallest absolute Gasteiger partial charge is 0.234 e. The number of nitrogens with zero attached hydrogens (tertiary/aromatic N) is 1. The highest BCUT2D eigenvalue weighted by atomic mass is 16.2. The summed E-state index contributed by atoms with van der Waals surface area (Å²) in [4.78, 5) is 25.1. The summed E-state index contributed by atoms with van der Waals surface area (Å²) in [6.07, 6.45) is 1.59. The van der Waals surface area contributed by atoms with Crippen LogP contribution in [0, 0.1) is 5.92 Å². The van der Waals surface area contributed by atoms with E-state index in [4.69, 9.17) is 0 Å². The van der Waals surface area contributed by atoms with E-state index in [1.807, 2.05) is 27.7 Å². The number of hydrogen-bond donors (Lipinski definition) is 0. The summed E-state index contributed by atoms with van der Waals surface area (Å²) < 4.78 is 0. The van der Waals surface area contributed by atoms with Crippen molar-refractivity contribution >= 4 is 11.7 Å². The van der Waals surface area contributed by atoms with Gasteiger partial charge in [-0.05, 0) is 27.2 Å². The molecule has 1 amide bonds. The van der Waals surface area contributed by atoms with Crippen molar-refractivity contribution in [1.29, 1.82) is 0 Å². The van der Waals surface area contributed by atoms with Gasteiger partial charge in [-0.2, -0.15) is 0 Å². The molecule has 0 aromatic heterocycles. The maximum absolute atomic E-state index is 11.9. The van der Waals surface area contributed by atoms with E-state index in [2.05, 4.69) is 0 Å². The number of amides is 1. The quantitative estimate of drug-likeness (QED) is 0.631. The van der Waals surface area contributed by atoms with E-state index in [0.29, 0.717) is 13.0 Å². The summed E-state index contributed by atoms with van der Waals surface area (Å²) in [5.74, 6) is -0.254. The predicted octanol–water partition coefficient (Wildman–Crippen LogP) is 1.61. The van der Waals surface area contributed by atoms with Gasteiger partial charge in [-0.25, -0.2) is 0 Å². The molecule has 1 rings (SSSR count). The fourth-order valence-corrected chi connectivity index (χ4v) is 1.81. The van der Waals surface area contributed by atoms with Crippen LogP contribution in [-0.4, -0.2) is 28.7 Å². The van der Waals surface area contributed by atoms with Gasteiger partial charge in [-0.1, -0.05) is 13.3 Å². The van der Waals surface area contributed by atoms with E-state index < -0.39 is 0 Å². The van der Waals surface area contributed by atoms with E-state index in [-0.39, 0.29) is 23.1 Å². The zero-order valence-electron chi connectivity index (χ0n) is 9.46. The fraction of sp³-hybridized carbons (Fsp3) is 0.818. The minimum Gasteiger partial charge on any atom is -0.330 e. The van der Waals surface area contributed by atoms with Crippen molar-refractivity contribution in [3.8, 4) is 0 Å². The Balaban J connectivity index is 2.79. The van der Waals surface area contributed by atoms with E-state index in [1.54, 1.807) is 4.90 Å². The van der Waals surface area contributed by atoms with E-state index in [9.17, 15) is 9.59 Å². The third-order valence-corrected chi connectivity index (χ3v) is 2.65. The summed E-state index contributed by atoms with van der Waals surface area (Å²) in [6, 6.07) is 0. The molecule has 0 aliphatic carbocycles. The summed E-state index contributed by atoms with van der Waals surface area (Å²) >= 11 is 0. The average Bonchev–Trinajstić information content (AvgIpc) is 2.31. The van der Waals surface area contributed by atoms with Crippen LogP contribution in [0.15, 0.2) is 0 Å². The summed E-state index contributed by atoms with van der Waals surface area (Å²) in [5, 5.41) is 0. The minimum absolute atomic E-state index is 0.0179. The van der Waals surface area contributed by atoms with E-state index in [0.717, 1.165) is 6.42 Å². The number of ketones is 1. The Kier molecular flexibility index (Phi) is 2.98. The Morgan fingerprint density at radius 3 is 2.29 bits per heavy atom. The SMILES string of the molecule is CCCC1C(=O)CN(C(C)(C)C)C1=O. The minimum atomic E-state index is -0.362. The Hall–Kier alpha value is -0.860. The first-order valence-corrected chi connectivity index (χ1v) is 5.22. The van der Waals surface area contributed by atoms with E-state index in [1.165, 1.54) is 0 Å². The summed E-state index contributed by atoms with van der Waals surface area (Å²) in [6.45, 7) is 8.19. The van der Waals surface area contributed by atoms with Gasteiger partial charge in [0.1, 0.15) is 0 Å². The second-order valence-corrected chi connectivity index (χ2v) is 4.90. The molecule has 1 atom stereocenters. The molecule has 0 spiro atoms. The van der Waals surface area contributed by atoms with Gasteiger partial charge in [0.25, 0.3) is 0 Å². The summed E-state index contributed by atoms with van der Waals surface area (Å²) in [5.41, 5.74) is -0.227. The Bertz CT molecular complexity index is 253. The molecule has 1 heterocycles. The number of Topliss-reactive ketones (excluding diaryl/α,β-unsaturated/α-hetero) is 1. The predicted molar refractivity (Wildman–Crippen MR) is 54.9 cm³/mol. The van der Waals surface area contributed by atoms with Crippen LogP contribution in [0.1, 0.15) is 40.5 Å². The molecule has 14 heavy (non-hydrogen) atoms. The second-order valence-electron chi connectivity index (χ2n) is 4.90. The molecule has 1 saturated heterocycles. The molecule has 0 saturated carbocycles. The molecule has 80 valence electrons. The van der Waals surface area contributed by atoms with Crippen LogP contribution < -0.4 is 0 Å². The third kappa shape index (κ3) is 1.97. The maximum atomic E-state index is 11.9. The normalized spacial score (nSPS) is 23.4. The average molecular weight is 197 g/mol. The van der Waals surface area contributed by atoms with Gasteiger partial charge in [-0.3, -0.25) is 9.59 Å². The lowest BCUT2D eigenvalue weighted by molar-refractivity contribution is -0.135. The van der Waals surface area contributed by atoms with Crippen LogP contribution >= 0.6 is 0 Å². The van der Waals surface area contributed by atoms with Crippen LogP contribution in [0.4, 0.5) is 0 Å². The third-order valence-electron chi connectivity index (χ3n) is 2.65. The largest absolute Gasteiger partial charge is 0.330 e. The molecule has 1 fully saturated rings. The molecule has 0 aromatic rings. The monoisotopic (exact) mass is 197 g/mol. The molecule has 0 N–H and O–H groups in total. The molecule has 3 heteroatoms. The Morgan fingerprint density at radius 1 is 1.36 bits per heavy atom. The topological polar surface area (TPSA) is 37.4 Å². The van der Waals surface area contributed by atoms with Gasteiger partial charge in [0.15, 0.2) is 5.78 Å². The zero-order chi connectivity index (χ0) is 10.9. The Morgan fingerprint density at radius 2 is 1.93 bits per heavy atom. The second kappa shape index (κ2) is 3.71. The molecule has 1 unspecified atom stereocenters. The molecule has 0 bridgehead atoms. The van der Waals surface area contributed by atoms with Crippen molar-refractivity contribution in [2.75, 3.05) is 6.54 Å². The van der Waals surface area contributed by atoms with Crippen molar-refractivity contribution in [1.82, 2.24) is 4.90 Å². The molecule has 3 nitrogen and oxygen atoms in total. The van der Waals surface area contributed by atoms with Crippen LogP contribution in [0.2, 0.25) is 0 Å². The van der Waals surface area contributed by atoms with Crippen LogP contribution in [0.5, 0.6) is 0 Å². The zero-order valence-corrected chi connectivity index (χ0v) is 9.46. The van der Waals surface area contributed by atoms with Crippen LogP contribution in [0.3, 0.4) is 0 Å². The first kappa shape index (κ1) is 11.2. The number of carbonyl (C=O) groups excluding carboxylic acids is 2. The van der Waals surface area contributed by atoms with E-state index >= 15 is 0 Å².